The van der Waals surface area contributed by atoms with Crippen molar-refractivity contribution in [1.29, 1.82) is 0 Å². The Morgan fingerprint density at radius 3 is 2.16 bits per heavy atom. The minimum absolute atomic E-state index is 0.0972. The van der Waals surface area contributed by atoms with Gasteiger partial charge in [0.2, 0.25) is 5.91 Å². The van der Waals surface area contributed by atoms with Crippen molar-refractivity contribution in [3.05, 3.63) is 0 Å². The third-order valence-corrected chi connectivity index (χ3v) is 2.35. The molecule has 1 N–H and O–H groups in total. The molecule has 0 aromatic carbocycles. The summed E-state index contributed by atoms with van der Waals surface area (Å²) in [5.41, 5.74) is 0. The molecule has 0 saturated carbocycles. The van der Waals surface area contributed by atoms with Gasteiger partial charge in [0.15, 0.2) is 0 Å². The first-order valence-corrected chi connectivity index (χ1v) is 7.03. The van der Waals surface area contributed by atoms with Crippen molar-refractivity contribution < 1.29 is 9.53 Å². The molecule has 0 spiro atoms. The molecule has 1 amide bonds. The normalized spacial score (nSPS) is 14.1. The van der Waals surface area contributed by atoms with Crippen LogP contribution in [0.2, 0.25) is 0 Å². The van der Waals surface area contributed by atoms with Crippen LogP contribution in [0.25, 0.3) is 0 Å². The van der Waals surface area contributed by atoms with E-state index in [0.717, 1.165) is 32.8 Å². The molecular weight excluding hydrogens is 240 g/mol. The van der Waals surface area contributed by atoms with Crippen LogP contribution in [-0.4, -0.2) is 50.7 Å². The van der Waals surface area contributed by atoms with E-state index in [9.17, 15) is 4.79 Å². The van der Waals surface area contributed by atoms with Gasteiger partial charge in [-0.3, -0.25) is 9.69 Å². The lowest BCUT2D eigenvalue weighted by Gasteiger charge is -2.24. The van der Waals surface area contributed by atoms with E-state index in [1.54, 1.807) is 7.05 Å². The second-order valence-electron chi connectivity index (χ2n) is 4.08. The summed E-state index contributed by atoms with van der Waals surface area (Å²) in [5.74, 6) is 6.13. The highest BCUT2D eigenvalue weighted by Crippen LogP contribution is 1.94. The SMILES string of the molecule is CC.CC#CCN1CCOCC1.CNC(=O)C(C)C. The molecule has 0 unspecified atom stereocenters. The van der Waals surface area contributed by atoms with Crippen LogP contribution in [0.4, 0.5) is 0 Å². The number of nitrogens with one attached hydrogen (secondary N) is 1. The van der Waals surface area contributed by atoms with Gasteiger partial charge < -0.3 is 10.1 Å². The van der Waals surface area contributed by atoms with E-state index in [-0.39, 0.29) is 11.8 Å². The van der Waals surface area contributed by atoms with Crippen molar-refractivity contribution in [2.45, 2.75) is 34.6 Å². The first kappa shape index (κ1) is 20.3. The summed E-state index contributed by atoms with van der Waals surface area (Å²) >= 11 is 0. The summed E-state index contributed by atoms with van der Waals surface area (Å²) < 4.78 is 5.19. The molecule has 4 heteroatoms. The smallest absolute Gasteiger partial charge is 0.222 e. The molecule has 0 aliphatic carbocycles. The van der Waals surface area contributed by atoms with E-state index in [4.69, 9.17) is 4.74 Å². The van der Waals surface area contributed by atoms with Crippen LogP contribution in [0.3, 0.4) is 0 Å². The maximum atomic E-state index is 10.4. The van der Waals surface area contributed by atoms with E-state index in [2.05, 4.69) is 22.1 Å². The largest absolute Gasteiger partial charge is 0.379 e. The van der Waals surface area contributed by atoms with Crippen LogP contribution >= 0.6 is 0 Å². The summed E-state index contributed by atoms with van der Waals surface area (Å²) in [5, 5.41) is 2.53. The molecular formula is C15H30N2O2. The second-order valence-corrected chi connectivity index (χ2v) is 4.08. The Bertz CT molecular complexity index is 261. The number of hydrogen-bond acceptors (Lipinski definition) is 3. The molecule has 0 aromatic heterocycles. The second kappa shape index (κ2) is 15.0. The minimum atomic E-state index is 0.0972. The molecule has 1 fully saturated rings. The molecule has 1 heterocycles. The lowest BCUT2D eigenvalue weighted by atomic mass is 10.2. The Morgan fingerprint density at radius 1 is 1.32 bits per heavy atom. The van der Waals surface area contributed by atoms with Crippen molar-refractivity contribution in [2.24, 2.45) is 5.92 Å². The minimum Gasteiger partial charge on any atom is -0.379 e. The number of amides is 1. The number of ether oxygens (including phenoxy) is 1. The molecule has 0 aromatic rings. The molecule has 0 radical (unpaired) electrons. The number of morpholine rings is 1. The highest BCUT2D eigenvalue weighted by molar-refractivity contribution is 5.77. The van der Waals surface area contributed by atoms with E-state index in [1.165, 1.54) is 0 Å². The van der Waals surface area contributed by atoms with Gasteiger partial charge in [-0.1, -0.05) is 33.6 Å². The molecule has 19 heavy (non-hydrogen) atoms. The van der Waals surface area contributed by atoms with Gasteiger partial charge >= 0.3 is 0 Å². The van der Waals surface area contributed by atoms with Gasteiger partial charge in [-0.05, 0) is 6.92 Å². The molecule has 1 rings (SSSR count). The third-order valence-electron chi connectivity index (χ3n) is 2.35. The predicted octanol–water partition coefficient (Wildman–Crippen LogP) is 1.76. The quantitative estimate of drug-likeness (QED) is 0.777. The van der Waals surface area contributed by atoms with Crippen LogP contribution < -0.4 is 5.32 Å². The van der Waals surface area contributed by atoms with Gasteiger partial charge in [-0.15, -0.1) is 5.92 Å². The Kier molecular flexibility index (Phi) is 16.0. The Labute approximate surface area is 118 Å². The van der Waals surface area contributed by atoms with Gasteiger partial charge in [0.25, 0.3) is 0 Å². The number of carbonyl (C=O) groups excluding carboxylic acids is 1. The zero-order chi connectivity index (χ0) is 15.1. The monoisotopic (exact) mass is 270 g/mol. The number of hydrogen-bond donors (Lipinski definition) is 1. The van der Waals surface area contributed by atoms with Crippen LogP contribution in [0, 0.1) is 17.8 Å². The van der Waals surface area contributed by atoms with Gasteiger partial charge in [0.05, 0.1) is 19.8 Å². The first-order valence-electron chi connectivity index (χ1n) is 7.03. The maximum Gasteiger partial charge on any atom is 0.222 e. The molecule has 4 nitrogen and oxygen atoms in total. The van der Waals surface area contributed by atoms with Gasteiger partial charge in [0.1, 0.15) is 0 Å². The fraction of sp³-hybridized carbons (Fsp3) is 0.800. The summed E-state index contributed by atoms with van der Waals surface area (Å²) in [6, 6.07) is 0. The fourth-order valence-electron chi connectivity index (χ4n) is 1.24. The standard InChI is InChI=1S/C8H13NO.C5H11NO.C2H6/c1-2-3-4-9-5-7-10-8-6-9;1-4(2)5(7)6-3;1-2/h4-8H2,1H3;4H,1-3H3,(H,6,7);1-2H3. The van der Waals surface area contributed by atoms with Crippen LogP contribution in [-0.2, 0) is 9.53 Å². The molecule has 1 saturated heterocycles. The van der Waals surface area contributed by atoms with Crippen molar-refractivity contribution in [1.82, 2.24) is 10.2 Å². The van der Waals surface area contributed by atoms with Crippen molar-refractivity contribution in [3.63, 3.8) is 0 Å². The number of rotatable bonds is 2. The Balaban J connectivity index is 0. The summed E-state index contributed by atoms with van der Waals surface area (Å²) in [4.78, 5) is 12.7. The summed E-state index contributed by atoms with van der Waals surface area (Å²) in [7, 11) is 1.64. The Morgan fingerprint density at radius 2 is 1.84 bits per heavy atom. The predicted molar refractivity (Wildman–Crippen MR) is 81.0 cm³/mol. The molecule has 1 aliphatic heterocycles. The van der Waals surface area contributed by atoms with Crippen molar-refractivity contribution in [2.75, 3.05) is 39.9 Å². The van der Waals surface area contributed by atoms with Crippen LogP contribution in [0.1, 0.15) is 34.6 Å². The fourth-order valence-corrected chi connectivity index (χ4v) is 1.24. The van der Waals surface area contributed by atoms with E-state index in [1.807, 2.05) is 34.6 Å². The highest BCUT2D eigenvalue weighted by Gasteiger charge is 2.07. The van der Waals surface area contributed by atoms with Crippen molar-refractivity contribution in [3.8, 4) is 11.8 Å². The zero-order valence-corrected chi connectivity index (χ0v) is 13.4. The van der Waals surface area contributed by atoms with Crippen LogP contribution in [0.15, 0.2) is 0 Å². The van der Waals surface area contributed by atoms with Crippen LogP contribution in [0.5, 0.6) is 0 Å². The van der Waals surface area contributed by atoms with Gasteiger partial charge in [-0.2, -0.15) is 0 Å². The van der Waals surface area contributed by atoms with E-state index >= 15 is 0 Å². The number of nitrogens with zero attached hydrogens (tertiary/aromatic N) is 1. The average Bonchev–Trinajstić information content (AvgIpc) is 2.48. The Hall–Kier alpha value is -1.05. The molecule has 0 atom stereocenters. The number of carbonyl (C=O) groups is 1. The van der Waals surface area contributed by atoms with Gasteiger partial charge in [0, 0.05) is 26.1 Å². The molecule has 1 aliphatic rings. The molecule has 112 valence electrons. The highest BCUT2D eigenvalue weighted by atomic mass is 16.5. The van der Waals surface area contributed by atoms with E-state index < -0.39 is 0 Å². The topological polar surface area (TPSA) is 41.6 Å². The summed E-state index contributed by atoms with van der Waals surface area (Å²) in [6.45, 7) is 14.3. The zero-order valence-electron chi connectivity index (χ0n) is 13.4. The first-order chi connectivity index (χ1) is 9.11. The van der Waals surface area contributed by atoms with Crippen molar-refractivity contribution >= 4 is 5.91 Å². The molecule has 0 bridgehead atoms. The maximum absolute atomic E-state index is 10.4. The van der Waals surface area contributed by atoms with Gasteiger partial charge in [-0.25, -0.2) is 0 Å². The third kappa shape index (κ3) is 13.2. The van der Waals surface area contributed by atoms with E-state index in [0.29, 0.717) is 0 Å². The summed E-state index contributed by atoms with van der Waals surface area (Å²) in [6.07, 6.45) is 0. The lowest BCUT2D eigenvalue weighted by molar-refractivity contribution is -0.123. The lowest BCUT2D eigenvalue weighted by Crippen LogP contribution is -2.36. The average molecular weight is 270 g/mol.